The minimum Gasteiger partial charge on any atom is -0.352 e. The fourth-order valence-corrected chi connectivity index (χ4v) is 2.62. The van der Waals surface area contributed by atoms with Gasteiger partial charge in [0.2, 0.25) is 11.8 Å². The third-order valence-corrected chi connectivity index (χ3v) is 4.07. The molecule has 1 aromatic carbocycles. The molecule has 21 heavy (non-hydrogen) atoms. The van der Waals surface area contributed by atoms with Crippen LogP contribution in [0.25, 0.3) is 0 Å². The largest absolute Gasteiger partial charge is 0.352 e. The molecular formula is C14H17N3O3S. The molecule has 0 saturated carbocycles. The molecule has 0 spiro atoms. The first-order valence-electron chi connectivity index (χ1n) is 6.52. The van der Waals surface area contributed by atoms with Crippen molar-refractivity contribution in [1.82, 2.24) is 10.2 Å². The van der Waals surface area contributed by atoms with E-state index in [0.29, 0.717) is 17.0 Å². The highest BCUT2D eigenvalue weighted by Crippen LogP contribution is 2.31. The summed E-state index contributed by atoms with van der Waals surface area (Å²) in [4.78, 5) is 37.2. The molecule has 1 heterocycles. The predicted octanol–water partition coefficient (Wildman–Crippen LogP) is 0.939. The van der Waals surface area contributed by atoms with E-state index < -0.39 is 0 Å². The lowest BCUT2D eigenvalue weighted by Crippen LogP contribution is -2.30. The zero-order valence-corrected chi connectivity index (χ0v) is 12.8. The van der Waals surface area contributed by atoms with Gasteiger partial charge in [0.05, 0.1) is 11.4 Å². The molecule has 2 N–H and O–H groups in total. The van der Waals surface area contributed by atoms with Crippen LogP contribution in [0.4, 0.5) is 5.69 Å². The molecule has 1 aromatic rings. The average Bonchev–Trinajstić information content (AvgIpc) is 2.45. The highest BCUT2D eigenvalue weighted by Gasteiger charge is 2.17. The topological polar surface area (TPSA) is 78.5 Å². The monoisotopic (exact) mass is 307 g/mol. The standard InChI is InChI=1S/C14H17N3O3S/c1-17(2)13(19)5-6-15-14(20)9-3-4-11-10(7-9)16-12(18)8-21-11/h3-4,7H,5-6,8H2,1-2H3,(H,15,20)(H,16,18). The maximum absolute atomic E-state index is 12.0. The minimum atomic E-state index is -0.255. The number of nitrogens with one attached hydrogen (secondary N) is 2. The van der Waals surface area contributed by atoms with Gasteiger partial charge in [0, 0.05) is 37.5 Å². The lowest BCUT2D eigenvalue weighted by atomic mass is 10.2. The van der Waals surface area contributed by atoms with Crippen LogP contribution < -0.4 is 10.6 Å². The van der Waals surface area contributed by atoms with Gasteiger partial charge < -0.3 is 15.5 Å². The minimum absolute atomic E-state index is 0.0376. The van der Waals surface area contributed by atoms with E-state index in [-0.39, 0.29) is 30.7 Å². The normalized spacial score (nSPS) is 13.1. The van der Waals surface area contributed by atoms with Crippen LogP contribution in [0.2, 0.25) is 0 Å². The molecule has 3 amide bonds. The lowest BCUT2D eigenvalue weighted by molar-refractivity contribution is -0.128. The van der Waals surface area contributed by atoms with Crippen LogP contribution in [0.5, 0.6) is 0 Å². The molecule has 1 aliphatic rings. The first kappa shape index (κ1) is 15.4. The summed E-state index contributed by atoms with van der Waals surface area (Å²) in [7, 11) is 3.35. The van der Waals surface area contributed by atoms with Crippen molar-refractivity contribution < 1.29 is 14.4 Å². The zero-order valence-electron chi connectivity index (χ0n) is 11.9. The van der Waals surface area contributed by atoms with Crippen LogP contribution in [0.15, 0.2) is 23.1 Å². The summed E-state index contributed by atoms with van der Waals surface area (Å²) in [6, 6.07) is 5.19. The summed E-state index contributed by atoms with van der Waals surface area (Å²) in [5, 5.41) is 5.44. The molecule has 0 aliphatic carbocycles. The Morgan fingerprint density at radius 2 is 2.14 bits per heavy atom. The number of benzene rings is 1. The molecule has 7 heteroatoms. The van der Waals surface area contributed by atoms with Gasteiger partial charge in [-0.05, 0) is 18.2 Å². The number of carbonyl (C=O) groups is 3. The number of amides is 3. The van der Waals surface area contributed by atoms with Crippen molar-refractivity contribution in [1.29, 1.82) is 0 Å². The second-order valence-electron chi connectivity index (χ2n) is 4.84. The van der Waals surface area contributed by atoms with Gasteiger partial charge in [-0.2, -0.15) is 0 Å². The third kappa shape index (κ3) is 3.98. The Bertz CT molecular complexity index is 587. The van der Waals surface area contributed by atoms with Crippen LogP contribution >= 0.6 is 11.8 Å². The van der Waals surface area contributed by atoms with Gasteiger partial charge in [0.1, 0.15) is 0 Å². The smallest absolute Gasteiger partial charge is 0.251 e. The fraction of sp³-hybridized carbons (Fsp3) is 0.357. The quantitative estimate of drug-likeness (QED) is 0.868. The zero-order chi connectivity index (χ0) is 15.4. The van der Waals surface area contributed by atoms with Gasteiger partial charge in [-0.1, -0.05) is 0 Å². The van der Waals surface area contributed by atoms with E-state index in [9.17, 15) is 14.4 Å². The van der Waals surface area contributed by atoms with Crippen LogP contribution in [-0.2, 0) is 9.59 Å². The summed E-state index contributed by atoms with van der Waals surface area (Å²) in [6.45, 7) is 0.286. The molecule has 0 fully saturated rings. The van der Waals surface area contributed by atoms with E-state index in [1.54, 1.807) is 26.2 Å². The van der Waals surface area contributed by atoms with Crippen LogP contribution in [0, 0.1) is 0 Å². The third-order valence-electron chi connectivity index (χ3n) is 3.00. The van der Waals surface area contributed by atoms with E-state index in [1.165, 1.54) is 16.7 Å². The van der Waals surface area contributed by atoms with Crippen molar-refractivity contribution in [3.05, 3.63) is 23.8 Å². The first-order valence-corrected chi connectivity index (χ1v) is 7.51. The van der Waals surface area contributed by atoms with E-state index >= 15 is 0 Å². The summed E-state index contributed by atoms with van der Waals surface area (Å²) in [5.41, 5.74) is 1.13. The average molecular weight is 307 g/mol. The summed E-state index contributed by atoms with van der Waals surface area (Å²) < 4.78 is 0. The second kappa shape index (κ2) is 6.62. The van der Waals surface area contributed by atoms with Gasteiger partial charge in [0.15, 0.2) is 0 Å². The van der Waals surface area contributed by atoms with Crippen LogP contribution in [-0.4, -0.2) is 49.0 Å². The van der Waals surface area contributed by atoms with Crippen molar-refractivity contribution in [2.75, 3.05) is 31.7 Å². The van der Waals surface area contributed by atoms with E-state index in [2.05, 4.69) is 10.6 Å². The lowest BCUT2D eigenvalue weighted by Gasteiger charge is -2.17. The van der Waals surface area contributed by atoms with Crippen molar-refractivity contribution in [2.45, 2.75) is 11.3 Å². The van der Waals surface area contributed by atoms with Crippen molar-refractivity contribution in [3.8, 4) is 0 Å². The maximum atomic E-state index is 12.0. The number of thioether (sulfide) groups is 1. The number of rotatable bonds is 4. The Morgan fingerprint density at radius 1 is 1.38 bits per heavy atom. The number of hydrogen-bond donors (Lipinski definition) is 2. The SMILES string of the molecule is CN(C)C(=O)CCNC(=O)c1ccc2c(c1)NC(=O)CS2. The number of fused-ring (bicyclic) bond motifs is 1. The van der Waals surface area contributed by atoms with Gasteiger partial charge >= 0.3 is 0 Å². The number of nitrogens with zero attached hydrogens (tertiary/aromatic N) is 1. The number of hydrogen-bond acceptors (Lipinski definition) is 4. The van der Waals surface area contributed by atoms with E-state index in [4.69, 9.17) is 0 Å². The number of carbonyl (C=O) groups excluding carboxylic acids is 3. The van der Waals surface area contributed by atoms with Crippen LogP contribution in [0.3, 0.4) is 0 Å². The second-order valence-corrected chi connectivity index (χ2v) is 5.86. The van der Waals surface area contributed by atoms with Crippen molar-refractivity contribution in [2.24, 2.45) is 0 Å². The molecular weight excluding hydrogens is 290 g/mol. The summed E-state index contributed by atoms with van der Waals surface area (Å²) in [5.74, 6) is 0.0331. The molecule has 0 unspecified atom stereocenters. The van der Waals surface area contributed by atoms with Crippen LogP contribution in [0.1, 0.15) is 16.8 Å². The van der Waals surface area contributed by atoms with Crippen molar-refractivity contribution >= 4 is 35.2 Å². The molecule has 0 radical (unpaired) electrons. The highest BCUT2D eigenvalue weighted by atomic mass is 32.2. The molecule has 0 atom stereocenters. The Morgan fingerprint density at radius 3 is 2.86 bits per heavy atom. The molecule has 0 bridgehead atoms. The number of anilines is 1. The Labute approximate surface area is 127 Å². The molecule has 6 nitrogen and oxygen atoms in total. The van der Waals surface area contributed by atoms with Gasteiger partial charge in [-0.25, -0.2) is 0 Å². The van der Waals surface area contributed by atoms with E-state index in [1.807, 2.05) is 6.07 Å². The van der Waals surface area contributed by atoms with Gasteiger partial charge in [-0.15, -0.1) is 11.8 Å². The van der Waals surface area contributed by atoms with Crippen molar-refractivity contribution in [3.63, 3.8) is 0 Å². The molecule has 1 aliphatic heterocycles. The Hall–Kier alpha value is -2.02. The Balaban J connectivity index is 1.95. The molecule has 0 aromatic heterocycles. The molecule has 2 rings (SSSR count). The predicted molar refractivity (Wildman–Crippen MR) is 81.4 cm³/mol. The van der Waals surface area contributed by atoms with Gasteiger partial charge in [-0.3, -0.25) is 14.4 Å². The summed E-state index contributed by atoms with van der Waals surface area (Å²) in [6.07, 6.45) is 0.260. The molecule has 0 saturated heterocycles. The fourth-order valence-electron chi connectivity index (χ4n) is 1.83. The molecule has 112 valence electrons. The maximum Gasteiger partial charge on any atom is 0.251 e. The summed E-state index contributed by atoms with van der Waals surface area (Å²) >= 11 is 1.45. The Kier molecular flexibility index (Phi) is 4.85. The van der Waals surface area contributed by atoms with Gasteiger partial charge in [0.25, 0.3) is 5.91 Å². The highest BCUT2D eigenvalue weighted by molar-refractivity contribution is 8.00. The van der Waals surface area contributed by atoms with E-state index in [0.717, 1.165) is 4.90 Å². The first-order chi connectivity index (χ1) is 9.97.